The molecule has 1 aromatic rings. The van der Waals surface area contributed by atoms with E-state index in [1.54, 1.807) is 0 Å². The monoisotopic (exact) mass is 314 g/mol. The minimum atomic E-state index is 0.312. The molecule has 0 amide bonds. The zero-order valence-corrected chi connectivity index (χ0v) is 13.1. The summed E-state index contributed by atoms with van der Waals surface area (Å²) in [5.41, 5.74) is 1.49. The molecule has 1 saturated carbocycles. The standard InChI is InChI=1S/C13H23BrN4/c1-4-15-11(10-12(14)16-17-18(10)3)13(2)8-6-5-7-9-13/h11,15H,4-9H2,1-3H3. The predicted molar refractivity (Wildman–Crippen MR) is 76.3 cm³/mol. The molecular weight excluding hydrogens is 292 g/mol. The molecule has 0 radical (unpaired) electrons. The van der Waals surface area contributed by atoms with Crippen LogP contribution in [-0.4, -0.2) is 21.5 Å². The maximum atomic E-state index is 4.13. The number of rotatable bonds is 4. The van der Waals surface area contributed by atoms with E-state index >= 15 is 0 Å². The highest BCUT2D eigenvalue weighted by Gasteiger charge is 2.38. The number of aromatic nitrogens is 3. The van der Waals surface area contributed by atoms with Crippen LogP contribution in [-0.2, 0) is 7.05 Å². The van der Waals surface area contributed by atoms with Crippen molar-refractivity contribution in [2.45, 2.75) is 52.0 Å². The Kier molecular flexibility index (Phi) is 4.43. The number of hydrogen-bond donors (Lipinski definition) is 1. The van der Waals surface area contributed by atoms with E-state index in [0.717, 1.165) is 11.1 Å². The summed E-state index contributed by atoms with van der Waals surface area (Å²) in [6.07, 6.45) is 6.60. The van der Waals surface area contributed by atoms with Gasteiger partial charge in [0.15, 0.2) is 4.60 Å². The van der Waals surface area contributed by atoms with E-state index in [1.165, 1.54) is 37.8 Å². The number of aryl methyl sites for hydroxylation is 1. The molecule has 18 heavy (non-hydrogen) atoms. The molecule has 1 N–H and O–H groups in total. The van der Waals surface area contributed by atoms with Gasteiger partial charge in [0.2, 0.25) is 0 Å². The van der Waals surface area contributed by atoms with Crippen LogP contribution in [0.1, 0.15) is 57.7 Å². The number of halogens is 1. The Labute approximate surface area is 118 Å². The van der Waals surface area contributed by atoms with E-state index in [1.807, 2.05) is 11.7 Å². The van der Waals surface area contributed by atoms with E-state index in [2.05, 4.69) is 45.4 Å². The molecule has 0 aliphatic heterocycles. The highest BCUT2D eigenvalue weighted by molar-refractivity contribution is 9.10. The summed E-state index contributed by atoms with van der Waals surface area (Å²) < 4.78 is 2.78. The fraction of sp³-hybridized carbons (Fsp3) is 0.846. The first-order valence-electron chi connectivity index (χ1n) is 6.87. The highest BCUT2D eigenvalue weighted by atomic mass is 79.9. The largest absolute Gasteiger partial charge is 0.308 e. The number of hydrogen-bond acceptors (Lipinski definition) is 3. The molecule has 0 bridgehead atoms. The Morgan fingerprint density at radius 3 is 2.56 bits per heavy atom. The number of nitrogens with one attached hydrogen (secondary N) is 1. The Bertz CT molecular complexity index is 376. The SMILES string of the molecule is CCNC(c1c(Br)nnn1C)C1(C)CCCCC1. The summed E-state index contributed by atoms with van der Waals surface area (Å²) in [4.78, 5) is 0. The first-order valence-corrected chi connectivity index (χ1v) is 7.66. The fourth-order valence-electron chi connectivity index (χ4n) is 3.17. The Morgan fingerprint density at radius 1 is 1.39 bits per heavy atom. The summed E-state index contributed by atoms with van der Waals surface area (Å²) in [6, 6.07) is 0.331. The van der Waals surface area contributed by atoms with E-state index < -0.39 is 0 Å². The molecule has 1 fully saturated rings. The van der Waals surface area contributed by atoms with Gasteiger partial charge in [0, 0.05) is 7.05 Å². The molecule has 0 spiro atoms. The maximum Gasteiger partial charge on any atom is 0.153 e. The second kappa shape index (κ2) is 5.70. The smallest absolute Gasteiger partial charge is 0.153 e. The fourth-order valence-corrected chi connectivity index (χ4v) is 3.73. The highest BCUT2D eigenvalue weighted by Crippen LogP contribution is 2.46. The minimum Gasteiger partial charge on any atom is -0.308 e. The molecule has 1 aliphatic rings. The Morgan fingerprint density at radius 2 is 2.06 bits per heavy atom. The summed E-state index contributed by atoms with van der Waals surface area (Å²) in [5.74, 6) is 0. The lowest BCUT2D eigenvalue weighted by atomic mass is 9.69. The zero-order valence-electron chi connectivity index (χ0n) is 11.5. The minimum absolute atomic E-state index is 0.312. The normalized spacial score (nSPS) is 20.9. The van der Waals surface area contributed by atoms with Gasteiger partial charge in [-0.3, -0.25) is 0 Å². The molecule has 0 saturated heterocycles. The van der Waals surface area contributed by atoms with Gasteiger partial charge < -0.3 is 5.32 Å². The molecule has 5 heteroatoms. The van der Waals surface area contributed by atoms with Gasteiger partial charge in [-0.15, -0.1) is 5.10 Å². The molecule has 102 valence electrons. The van der Waals surface area contributed by atoms with Crippen LogP contribution in [0.4, 0.5) is 0 Å². The van der Waals surface area contributed by atoms with Gasteiger partial charge in [-0.25, -0.2) is 4.68 Å². The van der Waals surface area contributed by atoms with Crippen LogP contribution in [0.25, 0.3) is 0 Å². The Hall–Kier alpha value is -0.420. The summed E-state index contributed by atoms with van der Waals surface area (Å²) in [5, 5.41) is 11.9. The van der Waals surface area contributed by atoms with Crippen LogP contribution in [0.5, 0.6) is 0 Å². The molecule has 1 unspecified atom stereocenters. The lowest BCUT2D eigenvalue weighted by Gasteiger charge is -2.41. The summed E-state index contributed by atoms with van der Waals surface area (Å²) in [6.45, 7) is 5.54. The summed E-state index contributed by atoms with van der Waals surface area (Å²) in [7, 11) is 1.98. The third-order valence-corrected chi connectivity index (χ3v) is 4.77. The topological polar surface area (TPSA) is 42.7 Å². The van der Waals surface area contributed by atoms with E-state index in [9.17, 15) is 0 Å². The van der Waals surface area contributed by atoms with Crippen molar-refractivity contribution in [2.75, 3.05) is 6.54 Å². The van der Waals surface area contributed by atoms with Crippen LogP contribution < -0.4 is 5.32 Å². The first-order chi connectivity index (χ1) is 8.58. The molecular formula is C13H23BrN4. The Balaban J connectivity index is 2.33. The van der Waals surface area contributed by atoms with Gasteiger partial charge in [-0.05, 0) is 40.7 Å². The van der Waals surface area contributed by atoms with E-state index in [0.29, 0.717) is 11.5 Å². The van der Waals surface area contributed by atoms with Crippen molar-refractivity contribution >= 4 is 15.9 Å². The molecule has 1 heterocycles. The first kappa shape index (κ1) is 14.0. The van der Waals surface area contributed by atoms with E-state index in [4.69, 9.17) is 0 Å². The van der Waals surface area contributed by atoms with E-state index in [-0.39, 0.29) is 0 Å². The van der Waals surface area contributed by atoms with Crippen molar-refractivity contribution in [1.82, 2.24) is 20.3 Å². The van der Waals surface area contributed by atoms with Crippen LogP contribution >= 0.6 is 15.9 Å². The van der Waals surface area contributed by atoms with Crippen molar-refractivity contribution in [3.8, 4) is 0 Å². The maximum absolute atomic E-state index is 4.13. The van der Waals surface area contributed by atoms with Crippen molar-refractivity contribution in [3.63, 3.8) is 0 Å². The summed E-state index contributed by atoms with van der Waals surface area (Å²) >= 11 is 3.54. The third kappa shape index (κ3) is 2.62. The van der Waals surface area contributed by atoms with Crippen LogP contribution in [0, 0.1) is 5.41 Å². The average molecular weight is 315 g/mol. The van der Waals surface area contributed by atoms with Crippen molar-refractivity contribution in [3.05, 3.63) is 10.3 Å². The second-order valence-electron chi connectivity index (χ2n) is 5.59. The lowest BCUT2D eigenvalue weighted by Crippen LogP contribution is -2.39. The van der Waals surface area contributed by atoms with Crippen molar-refractivity contribution in [1.29, 1.82) is 0 Å². The van der Waals surface area contributed by atoms with Gasteiger partial charge in [0.05, 0.1) is 11.7 Å². The van der Waals surface area contributed by atoms with Gasteiger partial charge in [0.1, 0.15) is 0 Å². The van der Waals surface area contributed by atoms with Gasteiger partial charge in [-0.2, -0.15) is 0 Å². The van der Waals surface area contributed by atoms with Gasteiger partial charge in [0.25, 0.3) is 0 Å². The van der Waals surface area contributed by atoms with Crippen molar-refractivity contribution in [2.24, 2.45) is 12.5 Å². The third-order valence-electron chi connectivity index (χ3n) is 4.20. The molecule has 1 aromatic heterocycles. The average Bonchev–Trinajstić information content (AvgIpc) is 2.67. The van der Waals surface area contributed by atoms with Crippen molar-refractivity contribution < 1.29 is 0 Å². The predicted octanol–water partition coefficient (Wildman–Crippen LogP) is 3.20. The molecule has 2 rings (SSSR count). The molecule has 0 aromatic carbocycles. The quantitative estimate of drug-likeness (QED) is 0.928. The zero-order chi connectivity index (χ0) is 13.2. The van der Waals surface area contributed by atoms with Crippen LogP contribution in [0.3, 0.4) is 0 Å². The molecule has 1 atom stereocenters. The van der Waals surface area contributed by atoms with Gasteiger partial charge >= 0.3 is 0 Å². The number of nitrogens with zero attached hydrogens (tertiary/aromatic N) is 3. The molecule has 4 nitrogen and oxygen atoms in total. The van der Waals surface area contributed by atoms with Gasteiger partial charge in [-0.1, -0.05) is 38.3 Å². The second-order valence-corrected chi connectivity index (χ2v) is 6.35. The van der Waals surface area contributed by atoms with Crippen LogP contribution in [0.2, 0.25) is 0 Å². The lowest BCUT2D eigenvalue weighted by molar-refractivity contribution is 0.140. The molecule has 1 aliphatic carbocycles. The van der Waals surface area contributed by atoms with Crippen LogP contribution in [0.15, 0.2) is 4.60 Å².